The summed E-state index contributed by atoms with van der Waals surface area (Å²) in [6, 6.07) is 16.3. The number of sulfonamides is 1. The summed E-state index contributed by atoms with van der Waals surface area (Å²) < 4.78 is 33.2. The van der Waals surface area contributed by atoms with Crippen molar-refractivity contribution in [2.75, 3.05) is 18.4 Å². The van der Waals surface area contributed by atoms with Gasteiger partial charge in [-0.25, -0.2) is 8.42 Å². The normalized spacial score (nSPS) is 11.0. The minimum atomic E-state index is -3.80. The molecular weight excluding hydrogens is 402 g/mol. The fourth-order valence-electron chi connectivity index (χ4n) is 2.87. The van der Waals surface area contributed by atoms with Gasteiger partial charge >= 0.3 is 0 Å². The third-order valence-electron chi connectivity index (χ3n) is 4.30. The Balaban J connectivity index is 1.73. The van der Waals surface area contributed by atoms with Crippen LogP contribution in [0.3, 0.4) is 0 Å². The van der Waals surface area contributed by atoms with Gasteiger partial charge in [0.15, 0.2) is 0 Å². The third kappa shape index (κ3) is 5.36. The number of carbonyl (C=O) groups is 1. The Morgan fingerprint density at radius 3 is 2.53 bits per heavy atom. The van der Waals surface area contributed by atoms with E-state index in [2.05, 4.69) is 9.71 Å². The Morgan fingerprint density at radius 1 is 1.10 bits per heavy atom. The maximum Gasteiger partial charge on any atom is 0.261 e. The minimum Gasteiger partial charge on any atom is -0.494 e. The highest BCUT2D eigenvalue weighted by atomic mass is 32.2. The van der Waals surface area contributed by atoms with E-state index in [0.29, 0.717) is 30.2 Å². The van der Waals surface area contributed by atoms with Gasteiger partial charge in [-0.1, -0.05) is 12.1 Å². The van der Waals surface area contributed by atoms with Crippen LogP contribution in [-0.2, 0) is 16.6 Å². The molecule has 30 heavy (non-hydrogen) atoms. The van der Waals surface area contributed by atoms with Gasteiger partial charge in [0.1, 0.15) is 5.75 Å². The van der Waals surface area contributed by atoms with Crippen molar-refractivity contribution in [2.45, 2.75) is 18.4 Å². The topological polar surface area (TPSA) is 88.6 Å². The van der Waals surface area contributed by atoms with Crippen molar-refractivity contribution in [2.24, 2.45) is 0 Å². The fourth-order valence-corrected chi connectivity index (χ4v) is 3.92. The molecule has 0 unspecified atom stereocenters. The molecule has 0 spiro atoms. The largest absolute Gasteiger partial charge is 0.494 e. The van der Waals surface area contributed by atoms with Crippen molar-refractivity contribution in [1.29, 1.82) is 0 Å². The number of hydrogen-bond donors (Lipinski definition) is 1. The number of amides is 1. The molecule has 1 N–H and O–H groups in total. The fraction of sp³-hybridized carbons (Fsp3) is 0.182. The van der Waals surface area contributed by atoms with E-state index in [9.17, 15) is 13.2 Å². The second-order valence-electron chi connectivity index (χ2n) is 6.61. The van der Waals surface area contributed by atoms with E-state index < -0.39 is 10.0 Å². The Morgan fingerprint density at radius 2 is 1.87 bits per heavy atom. The molecule has 1 amide bonds. The van der Waals surface area contributed by atoms with E-state index in [1.54, 1.807) is 54.7 Å². The van der Waals surface area contributed by atoms with Crippen molar-refractivity contribution < 1.29 is 17.9 Å². The number of rotatable bonds is 8. The van der Waals surface area contributed by atoms with Gasteiger partial charge in [-0.15, -0.1) is 0 Å². The van der Waals surface area contributed by atoms with Crippen LogP contribution in [0.1, 0.15) is 22.8 Å². The molecule has 0 atom stereocenters. The maximum atomic E-state index is 12.8. The quantitative estimate of drug-likeness (QED) is 0.596. The van der Waals surface area contributed by atoms with E-state index in [4.69, 9.17) is 4.74 Å². The van der Waals surface area contributed by atoms with Crippen LogP contribution in [0.2, 0.25) is 0 Å². The van der Waals surface area contributed by atoms with Gasteiger partial charge in [0.05, 0.1) is 11.5 Å². The molecule has 0 aliphatic heterocycles. The second kappa shape index (κ2) is 9.41. The molecule has 0 bridgehead atoms. The first-order valence-electron chi connectivity index (χ1n) is 9.39. The SMILES string of the molecule is CCOc1ccc(S(=O)(=O)Nc2cccc(C(=O)N(C)Cc3cccnc3)c2)cc1. The average Bonchev–Trinajstić information content (AvgIpc) is 2.74. The van der Waals surface area contributed by atoms with Crippen LogP contribution in [-0.4, -0.2) is 37.9 Å². The van der Waals surface area contributed by atoms with Crippen LogP contribution in [0, 0.1) is 0 Å². The highest BCUT2D eigenvalue weighted by Crippen LogP contribution is 2.20. The van der Waals surface area contributed by atoms with Crippen LogP contribution in [0.15, 0.2) is 78.0 Å². The maximum absolute atomic E-state index is 12.8. The average molecular weight is 426 g/mol. The third-order valence-corrected chi connectivity index (χ3v) is 5.69. The summed E-state index contributed by atoms with van der Waals surface area (Å²) in [6.45, 7) is 2.75. The van der Waals surface area contributed by atoms with Crippen molar-refractivity contribution >= 4 is 21.6 Å². The van der Waals surface area contributed by atoms with Gasteiger partial charge < -0.3 is 9.64 Å². The molecule has 0 fully saturated rings. The zero-order chi connectivity index (χ0) is 21.6. The van der Waals surface area contributed by atoms with Crippen LogP contribution in [0.4, 0.5) is 5.69 Å². The Kier molecular flexibility index (Phi) is 6.68. The van der Waals surface area contributed by atoms with Crippen molar-refractivity contribution in [3.63, 3.8) is 0 Å². The van der Waals surface area contributed by atoms with Crippen molar-refractivity contribution in [3.8, 4) is 5.75 Å². The standard InChI is InChI=1S/C22H23N3O4S/c1-3-29-20-9-11-21(12-10-20)30(27,28)24-19-8-4-7-18(14-19)22(26)25(2)16-17-6-5-13-23-15-17/h4-15,24H,3,16H2,1-2H3. The lowest BCUT2D eigenvalue weighted by atomic mass is 10.1. The first-order valence-corrected chi connectivity index (χ1v) is 10.9. The summed E-state index contributed by atoms with van der Waals surface area (Å²) in [5, 5.41) is 0. The first kappa shape index (κ1) is 21.3. The molecule has 3 rings (SSSR count). The summed E-state index contributed by atoms with van der Waals surface area (Å²) in [5.41, 5.74) is 1.60. The number of benzene rings is 2. The first-order chi connectivity index (χ1) is 14.4. The molecule has 0 saturated heterocycles. The summed E-state index contributed by atoms with van der Waals surface area (Å²) in [5.74, 6) is 0.377. The smallest absolute Gasteiger partial charge is 0.261 e. The highest BCUT2D eigenvalue weighted by molar-refractivity contribution is 7.92. The number of nitrogens with zero attached hydrogens (tertiary/aromatic N) is 2. The van der Waals surface area contributed by atoms with Crippen molar-refractivity contribution in [3.05, 3.63) is 84.2 Å². The number of ether oxygens (including phenoxy) is 1. The lowest BCUT2D eigenvalue weighted by Gasteiger charge is -2.18. The second-order valence-corrected chi connectivity index (χ2v) is 8.30. The molecular formula is C22H23N3O4S. The number of hydrogen-bond acceptors (Lipinski definition) is 5. The van der Waals surface area contributed by atoms with Crippen LogP contribution in [0.25, 0.3) is 0 Å². The number of nitrogens with one attached hydrogen (secondary N) is 1. The Labute approximate surface area is 176 Å². The van der Waals surface area contributed by atoms with E-state index in [0.717, 1.165) is 5.56 Å². The number of aromatic nitrogens is 1. The lowest BCUT2D eigenvalue weighted by Crippen LogP contribution is -2.26. The molecule has 1 heterocycles. The van der Waals surface area contributed by atoms with Gasteiger partial charge in [0.2, 0.25) is 0 Å². The molecule has 0 saturated carbocycles. The number of anilines is 1. The lowest BCUT2D eigenvalue weighted by molar-refractivity contribution is 0.0785. The molecule has 3 aromatic rings. The molecule has 0 radical (unpaired) electrons. The molecule has 8 heteroatoms. The van der Waals surface area contributed by atoms with E-state index in [1.165, 1.54) is 18.2 Å². The van der Waals surface area contributed by atoms with Gasteiger partial charge in [0.25, 0.3) is 15.9 Å². The molecule has 0 aliphatic rings. The van der Waals surface area contributed by atoms with E-state index >= 15 is 0 Å². The van der Waals surface area contributed by atoms with Gasteiger partial charge in [-0.3, -0.25) is 14.5 Å². The Hall–Kier alpha value is -3.39. The summed E-state index contributed by atoms with van der Waals surface area (Å²) in [6.07, 6.45) is 3.37. The molecule has 156 valence electrons. The monoisotopic (exact) mass is 425 g/mol. The number of pyridine rings is 1. The highest BCUT2D eigenvalue weighted by Gasteiger charge is 2.17. The molecule has 2 aromatic carbocycles. The Bertz CT molecular complexity index is 1100. The van der Waals surface area contributed by atoms with Crippen LogP contribution < -0.4 is 9.46 Å². The van der Waals surface area contributed by atoms with Gasteiger partial charge in [-0.2, -0.15) is 0 Å². The summed E-state index contributed by atoms with van der Waals surface area (Å²) in [7, 11) is -2.11. The predicted octanol–water partition coefficient (Wildman–Crippen LogP) is 3.55. The van der Waals surface area contributed by atoms with Crippen molar-refractivity contribution in [1.82, 2.24) is 9.88 Å². The molecule has 0 aliphatic carbocycles. The molecule has 1 aromatic heterocycles. The predicted molar refractivity (Wildman–Crippen MR) is 115 cm³/mol. The van der Waals surface area contributed by atoms with E-state index in [-0.39, 0.29) is 10.8 Å². The summed E-state index contributed by atoms with van der Waals surface area (Å²) in [4.78, 5) is 18.5. The molecule has 7 nitrogen and oxygen atoms in total. The zero-order valence-corrected chi connectivity index (χ0v) is 17.6. The van der Waals surface area contributed by atoms with Crippen LogP contribution in [0.5, 0.6) is 5.75 Å². The zero-order valence-electron chi connectivity index (χ0n) is 16.8. The van der Waals surface area contributed by atoms with Crippen LogP contribution >= 0.6 is 0 Å². The minimum absolute atomic E-state index is 0.108. The van der Waals surface area contributed by atoms with Gasteiger partial charge in [-0.05, 0) is 61.0 Å². The summed E-state index contributed by atoms with van der Waals surface area (Å²) >= 11 is 0. The number of carbonyl (C=O) groups excluding carboxylic acids is 1. The van der Waals surface area contributed by atoms with Gasteiger partial charge in [0, 0.05) is 37.2 Å². The van der Waals surface area contributed by atoms with E-state index in [1.807, 2.05) is 19.1 Å².